The summed E-state index contributed by atoms with van der Waals surface area (Å²) in [6, 6.07) is 6.28. The molecule has 0 spiro atoms. The highest BCUT2D eigenvalue weighted by atomic mass is 32.2. The van der Waals surface area contributed by atoms with Crippen LogP contribution in [0.4, 0.5) is 5.69 Å². The van der Waals surface area contributed by atoms with Gasteiger partial charge >= 0.3 is 0 Å². The molecule has 1 aromatic carbocycles. The van der Waals surface area contributed by atoms with Gasteiger partial charge in [-0.1, -0.05) is 24.8 Å². The Morgan fingerprint density at radius 1 is 1.38 bits per heavy atom. The Bertz CT molecular complexity index is 305. The monoisotopic (exact) mass is 193 g/mol. The quantitative estimate of drug-likeness (QED) is 0.679. The molecule has 1 aromatic rings. The molecular weight excluding hydrogens is 178 g/mol. The molecule has 0 aliphatic rings. The van der Waals surface area contributed by atoms with E-state index in [9.17, 15) is 0 Å². The fourth-order valence-electron chi connectivity index (χ4n) is 1.35. The minimum Gasteiger partial charge on any atom is -0.376 e. The molecule has 0 aliphatic carbocycles. The number of benzene rings is 1. The molecule has 0 unspecified atom stereocenters. The van der Waals surface area contributed by atoms with Gasteiger partial charge in [-0.2, -0.15) is 0 Å². The van der Waals surface area contributed by atoms with Gasteiger partial charge < -0.3 is 4.90 Å². The lowest BCUT2D eigenvalue weighted by Crippen LogP contribution is -2.11. The summed E-state index contributed by atoms with van der Waals surface area (Å²) in [5.74, 6) is 0. The molecular formula is C11H15NS. The molecule has 0 fully saturated rings. The van der Waals surface area contributed by atoms with E-state index in [1.54, 1.807) is 11.8 Å². The molecule has 13 heavy (non-hydrogen) atoms. The molecule has 0 atom stereocenters. The summed E-state index contributed by atoms with van der Waals surface area (Å²) in [5.41, 5.74) is 2.45. The van der Waals surface area contributed by atoms with Crippen molar-refractivity contribution in [3.63, 3.8) is 0 Å². The number of anilines is 1. The highest BCUT2D eigenvalue weighted by Crippen LogP contribution is 2.31. The van der Waals surface area contributed by atoms with Gasteiger partial charge in [0.15, 0.2) is 0 Å². The lowest BCUT2D eigenvalue weighted by Gasteiger charge is -2.18. The van der Waals surface area contributed by atoms with Gasteiger partial charge in [0, 0.05) is 19.0 Å². The zero-order valence-corrected chi connectivity index (χ0v) is 9.19. The van der Waals surface area contributed by atoms with E-state index in [-0.39, 0.29) is 0 Å². The van der Waals surface area contributed by atoms with Crippen LogP contribution in [0.2, 0.25) is 0 Å². The number of hydrogen-bond acceptors (Lipinski definition) is 2. The van der Waals surface area contributed by atoms with Crippen molar-refractivity contribution in [1.29, 1.82) is 0 Å². The second kappa shape index (κ2) is 4.38. The molecule has 0 N–H and O–H groups in total. The zero-order chi connectivity index (χ0) is 9.84. The first-order valence-corrected chi connectivity index (χ1v) is 5.40. The van der Waals surface area contributed by atoms with Crippen molar-refractivity contribution in [2.24, 2.45) is 0 Å². The smallest absolute Gasteiger partial charge is 0.0572 e. The van der Waals surface area contributed by atoms with E-state index in [2.05, 4.69) is 50.0 Å². The van der Waals surface area contributed by atoms with Gasteiger partial charge in [0.25, 0.3) is 0 Å². The number of para-hydroxylation sites is 1. The molecule has 0 saturated heterocycles. The number of nitrogens with zero attached hydrogens (tertiary/aromatic N) is 1. The standard InChI is InChI=1S/C11H15NS/c1-5-9-7-6-8-10(13-4)11(9)12(2)3/h5-8H,1H2,2-4H3. The highest BCUT2D eigenvalue weighted by molar-refractivity contribution is 7.98. The van der Waals surface area contributed by atoms with Crippen molar-refractivity contribution in [1.82, 2.24) is 0 Å². The molecule has 70 valence electrons. The van der Waals surface area contributed by atoms with Gasteiger partial charge in [-0.25, -0.2) is 0 Å². The van der Waals surface area contributed by atoms with Crippen LogP contribution in [0.5, 0.6) is 0 Å². The fraction of sp³-hybridized carbons (Fsp3) is 0.273. The van der Waals surface area contributed by atoms with E-state index in [4.69, 9.17) is 0 Å². The van der Waals surface area contributed by atoms with Crippen LogP contribution in [-0.2, 0) is 0 Å². The summed E-state index contributed by atoms with van der Waals surface area (Å²) in [7, 11) is 4.12. The van der Waals surface area contributed by atoms with Gasteiger partial charge in [0.05, 0.1) is 5.69 Å². The minimum absolute atomic E-state index is 1.19. The van der Waals surface area contributed by atoms with E-state index < -0.39 is 0 Å². The first-order chi connectivity index (χ1) is 6.20. The second-order valence-electron chi connectivity index (χ2n) is 3.00. The lowest BCUT2D eigenvalue weighted by atomic mass is 10.1. The highest BCUT2D eigenvalue weighted by Gasteiger charge is 2.06. The van der Waals surface area contributed by atoms with Crippen LogP contribution in [0.15, 0.2) is 29.7 Å². The Hall–Kier alpha value is -0.890. The molecule has 0 heterocycles. The SMILES string of the molecule is C=Cc1cccc(SC)c1N(C)C. The number of rotatable bonds is 3. The third-order valence-electron chi connectivity index (χ3n) is 1.92. The maximum absolute atomic E-state index is 3.81. The van der Waals surface area contributed by atoms with Crippen LogP contribution < -0.4 is 4.90 Å². The first kappa shape index (κ1) is 10.2. The summed E-state index contributed by atoms with van der Waals surface area (Å²) in [4.78, 5) is 3.42. The summed E-state index contributed by atoms with van der Waals surface area (Å²) < 4.78 is 0. The van der Waals surface area contributed by atoms with Crippen molar-refractivity contribution in [2.75, 3.05) is 25.3 Å². The van der Waals surface area contributed by atoms with Gasteiger partial charge in [-0.05, 0) is 17.9 Å². The summed E-state index contributed by atoms with van der Waals surface area (Å²) in [6.45, 7) is 3.81. The van der Waals surface area contributed by atoms with Crippen LogP contribution >= 0.6 is 11.8 Å². The molecule has 0 amide bonds. The van der Waals surface area contributed by atoms with Gasteiger partial charge in [-0.15, -0.1) is 11.8 Å². The van der Waals surface area contributed by atoms with E-state index in [1.807, 2.05) is 6.08 Å². The topological polar surface area (TPSA) is 3.24 Å². The molecule has 0 aliphatic heterocycles. The zero-order valence-electron chi connectivity index (χ0n) is 8.37. The van der Waals surface area contributed by atoms with Crippen molar-refractivity contribution < 1.29 is 0 Å². The molecule has 2 heteroatoms. The van der Waals surface area contributed by atoms with E-state index in [1.165, 1.54) is 16.1 Å². The summed E-state index contributed by atoms with van der Waals surface area (Å²) in [6.07, 6.45) is 3.99. The average Bonchev–Trinajstić information content (AvgIpc) is 2.16. The fourth-order valence-corrected chi connectivity index (χ4v) is 2.06. The van der Waals surface area contributed by atoms with Crippen molar-refractivity contribution in [3.8, 4) is 0 Å². The first-order valence-electron chi connectivity index (χ1n) is 4.17. The van der Waals surface area contributed by atoms with Crippen LogP contribution in [0.25, 0.3) is 6.08 Å². The van der Waals surface area contributed by atoms with Crippen molar-refractivity contribution in [2.45, 2.75) is 4.90 Å². The van der Waals surface area contributed by atoms with Gasteiger partial charge in [0.1, 0.15) is 0 Å². The summed E-state index contributed by atoms with van der Waals surface area (Å²) >= 11 is 1.76. The normalized spacial score (nSPS) is 9.77. The molecule has 0 radical (unpaired) electrons. The molecule has 0 aromatic heterocycles. The van der Waals surface area contributed by atoms with E-state index in [0.717, 1.165) is 0 Å². The van der Waals surface area contributed by atoms with Crippen molar-refractivity contribution >= 4 is 23.5 Å². The Morgan fingerprint density at radius 2 is 2.08 bits per heavy atom. The number of hydrogen-bond donors (Lipinski definition) is 0. The van der Waals surface area contributed by atoms with Gasteiger partial charge in [-0.3, -0.25) is 0 Å². The Kier molecular flexibility index (Phi) is 3.43. The average molecular weight is 193 g/mol. The predicted molar refractivity (Wildman–Crippen MR) is 62.6 cm³/mol. The van der Waals surface area contributed by atoms with Crippen LogP contribution in [0.1, 0.15) is 5.56 Å². The maximum Gasteiger partial charge on any atom is 0.0572 e. The Morgan fingerprint density at radius 3 is 2.54 bits per heavy atom. The van der Waals surface area contributed by atoms with Crippen LogP contribution in [0, 0.1) is 0 Å². The Labute approximate surface area is 84.4 Å². The third kappa shape index (κ3) is 2.07. The molecule has 1 nitrogen and oxygen atoms in total. The Balaban J connectivity index is 3.29. The van der Waals surface area contributed by atoms with Crippen LogP contribution in [0.3, 0.4) is 0 Å². The number of thioether (sulfide) groups is 1. The maximum atomic E-state index is 3.81. The second-order valence-corrected chi connectivity index (χ2v) is 3.84. The molecule has 0 bridgehead atoms. The van der Waals surface area contributed by atoms with Gasteiger partial charge in [0.2, 0.25) is 0 Å². The largest absolute Gasteiger partial charge is 0.376 e. The van der Waals surface area contributed by atoms with Crippen LogP contribution in [-0.4, -0.2) is 20.4 Å². The minimum atomic E-state index is 1.19. The predicted octanol–water partition coefficient (Wildman–Crippen LogP) is 3.12. The third-order valence-corrected chi connectivity index (χ3v) is 2.69. The lowest BCUT2D eigenvalue weighted by molar-refractivity contribution is 1.09. The molecule has 0 saturated carbocycles. The van der Waals surface area contributed by atoms with E-state index >= 15 is 0 Å². The van der Waals surface area contributed by atoms with E-state index in [0.29, 0.717) is 0 Å². The summed E-state index contributed by atoms with van der Waals surface area (Å²) in [5, 5.41) is 0. The molecule has 1 rings (SSSR count). The van der Waals surface area contributed by atoms with Crippen molar-refractivity contribution in [3.05, 3.63) is 30.3 Å².